The molecule has 21 heavy (non-hydrogen) atoms. The highest BCUT2D eigenvalue weighted by atomic mass is 127. The summed E-state index contributed by atoms with van der Waals surface area (Å²) in [5.74, 6) is 1.27. The van der Waals surface area contributed by atoms with Crippen LogP contribution in [0, 0.1) is 5.41 Å². The summed E-state index contributed by atoms with van der Waals surface area (Å²) in [4.78, 5) is 11.8. The first-order chi connectivity index (χ1) is 9.90. The van der Waals surface area contributed by atoms with E-state index in [1.165, 1.54) is 5.56 Å². The molecule has 0 saturated heterocycles. The number of halogens is 1. The van der Waals surface area contributed by atoms with Crippen LogP contribution in [0.15, 0.2) is 18.2 Å². The molecule has 0 N–H and O–H groups in total. The Morgan fingerprint density at radius 3 is 2.81 bits per heavy atom. The van der Waals surface area contributed by atoms with E-state index in [1.807, 2.05) is 32.9 Å². The van der Waals surface area contributed by atoms with Crippen molar-refractivity contribution in [3.8, 4) is 11.5 Å². The highest BCUT2D eigenvalue weighted by Crippen LogP contribution is 2.33. The molecule has 0 radical (unpaired) electrons. The first-order valence-corrected chi connectivity index (χ1v) is 8.58. The van der Waals surface area contributed by atoms with Gasteiger partial charge in [-0.1, -0.05) is 28.7 Å². The molecule has 1 heterocycles. The molecule has 5 heteroatoms. The third kappa shape index (κ3) is 4.49. The minimum atomic E-state index is -0.499. The molecule has 0 fully saturated rings. The SMILES string of the molecule is CC(C)(C)C(=O)OC[C@H]1COc2ccc(CCI)cc2O1. The van der Waals surface area contributed by atoms with Crippen molar-refractivity contribution in [2.75, 3.05) is 17.6 Å². The highest BCUT2D eigenvalue weighted by molar-refractivity contribution is 14.1. The molecule has 1 aliphatic heterocycles. The van der Waals surface area contributed by atoms with E-state index in [4.69, 9.17) is 14.2 Å². The quantitative estimate of drug-likeness (QED) is 0.439. The van der Waals surface area contributed by atoms with Gasteiger partial charge in [0.2, 0.25) is 0 Å². The van der Waals surface area contributed by atoms with Gasteiger partial charge in [0.05, 0.1) is 5.41 Å². The normalized spacial score (nSPS) is 17.4. The van der Waals surface area contributed by atoms with Crippen LogP contribution in [0.2, 0.25) is 0 Å². The van der Waals surface area contributed by atoms with E-state index in [9.17, 15) is 4.79 Å². The molecule has 1 aromatic carbocycles. The van der Waals surface area contributed by atoms with Crippen molar-refractivity contribution < 1.29 is 19.0 Å². The molecular formula is C16H21IO4. The van der Waals surface area contributed by atoms with Gasteiger partial charge in [0, 0.05) is 4.43 Å². The van der Waals surface area contributed by atoms with Crippen molar-refractivity contribution in [2.45, 2.75) is 33.3 Å². The van der Waals surface area contributed by atoms with Gasteiger partial charge < -0.3 is 14.2 Å². The Hall–Kier alpha value is -0.980. The molecular weight excluding hydrogens is 383 g/mol. The van der Waals surface area contributed by atoms with Gasteiger partial charge in [0.1, 0.15) is 13.2 Å². The van der Waals surface area contributed by atoms with Gasteiger partial charge in [-0.3, -0.25) is 4.79 Å². The second-order valence-corrected chi connectivity index (χ2v) is 7.20. The van der Waals surface area contributed by atoms with Gasteiger partial charge in [-0.05, 0) is 44.9 Å². The number of esters is 1. The summed E-state index contributed by atoms with van der Waals surface area (Å²) in [7, 11) is 0. The second-order valence-electron chi connectivity index (χ2n) is 6.12. The minimum absolute atomic E-state index is 0.214. The monoisotopic (exact) mass is 404 g/mol. The summed E-state index contributed by atoms with van der Waals surface area (Å²) < 4.78 is 17.9. The summed E-state index contributed by atoms with van der Waals surface area (Å²) >= 11 is 2.35. The van der Waals surface area contributed by atoms with Gasteiger partial charge in [-0.2, -0.15) is 0 Å². The van der Waals surface area contributed by atoms with E-state index in [0.717, 1.165) is 22.3 Å². The maximum Gasteiger partial charge on any atom is 0.311 e. The Labute approximate surface area is 139 Å². The summed E-state index contributed by atoms with van der Waals surface area (Å²) in [6.07, 6.45) is 0.750. The molecule has 4 nitrogen and oxygen atoms in total. The number of hydrogen-bond acceptors (Lipinski definition) is 4. The van der Waals surface area contributed by atoms with E-state index >= 15 is 0 Å². The zero-order valence-electron chi connectivity index (χ0n) is 12.6. The van der Waals surface area contributed by atoms with Crippen LogP contribution < -0.4 is 9.47 Å². The van der Waals surface area contributed by atoms with Gasteiger partial charge in [-0.25, -0.2) is 0 Å². The Bertz CT molecular complexity index is 507. The van der Waals surface area contributed by atoms with Crippen LogP contribution in [-0.2, 0) is 16.0 Å². The van der Waals surface area contributed by atoms with Crippen LogP contribution in [0.5, 0.6) is 11.5 Å². The van der Waals surface area contributed by atoms with Crippen LogP contribution in [0.1, 0.15) is 26.3 Å². The topological polar surface area (TPSA) is 44.8 Å². The molecule has 1 aromatic rings. The molecule has 0 aromatic heterocycles. The number of aryl methyl sites for hydroxylation is 1. The number of alkyl halides is 1. The van der Waals surface area contributed by atoms with E-state index in [2.05, 4.69) is 28.7 Å². The third-order valence-electron chi connectivity index (χ3n) is 3.12. The first-order valence-electron chi connectivity index (χ1n) is 7.05. The summed E-state index contributed by atoms with van der Waals surface area (Å²) in [6, 6.07) is 6.00. The van der Waals surface area contributed by atoms with Crippen LogP contribution in [0.25, 0.3) is 0 Å². The molecule has 0 amide bonds. The molecule has 1 aliphatic rings. The van der Waals surface area contributed by atoms with Gasteiger partial charge >= 0.3 is 5.97 Å². The number of rotatable bonds is 4. The Morgan fingerprint density at radius 1 is 1.38 bits per heavy atom. The largest absolute Gasteiger partial charge is 0.486 e. The molecule has 0 bridgehead atoms. The van der Waals surface area contributed by atoms with Crippen molar-refractivity contribution in [3.05, 3.63) is 23.8 Å². The fourth-order valence-corrected chi connectivity index (χ4v) is 2.51. The predicted octanol–water partition coefficient (Wildman–Crippen LogP) is 3.39. The van der Waals surface area contributed by atoms with Crippen molar-refractivity contribution >= 4 is 28.6 Å². The predicted molar refractivity (Wildman–Crippen MR) is 89.4 cm³/mol. The fourth-order valence-electron chi connectivity index (χ4n) is 1.89. The number of hydrogen-bond donors (Lipinski definition) is 0. The van der Waals surface area contributed by atoms with Crippen LogP contribution in [0.3, 0.4) is 0 Å². The lowest BCUT2D eigenvalue weighted by molar-refractivity contribution is -0.156. The third-order valence-corrected chi connectivity index (χ3v) is 3.66. The Morgan fingerprint density at radius 2 is 2.14 bits per heavy atom. The number of fused-ring (bicyclic) bond motifs is 1. The van der Waals surface area contributed by atoms with Gasteiger partial charge in [0.25, 0.3) is 0 Å². The number of carbonyl (C=O) groups is 1. The Balaban J connectivity index is 1.95. The highest BCUT2D eigenvalue weighted by Gasteiger charge is 2.27. The maximum atomic E-state index is 11.8. The van der Waals surface area contributed by atoms with Crippen LogP contribution in [0.4, 0.5) is 0 Å². The molecule has 0 aliphatic carbocycles. The summed E-state index contributed by atoms with van der Waals surface area (Å²) in [5.41, 5.74) is 0.722. The van der Waals surface area contributed by atoms with E-state index < -0.39 is 5.41 Å². The van der Waals surface area contributed by atoms with Crippen molar-refractivity contribution in [3.63, 3.8) is 0 Å². The molecule has 2 rings (SSSR count). The zero-order valence-corrected chi connectivity index (χ0v) is 14.8. The first kappa shape index (κ1) is 16.4. The minimum Gasteiger partial charge on any atom is -0.486 e. The lowest BCUT2D eigenvalue weighted by Crippen LogP contribution is -2.36. The van der Waals surface area contributed by atoms with E-state index in [0.29, 0.717) is 6.61 Å². The molecule has 0 spiro atoms. The van der Waals surface area contributed by atoms with E-state index in [1.54, 1.807) is 0 Å². The van der Waals surface area contributed by atoms with Gasteiger partial charge in [-0.15, -0.1) is 0 Å². The lowest BCUT2D eigenvalue weighted by atomic mass is 9.97. The van der Waals surface area contributed by atoms with Crippen molar-refractivity contribution in [1.82, 2.24) is 0 Å². The summed E-state index contributed by atoms with van der Waals surface area (Å²) in [5, 5.41) is 0. The average molecular weight is 404 g/mol. The number of carbonyl (C=O) groups excluding carboxylic acids is 1. The smallest absolute Gasteiger partial charge is 0.311 e. The number of ether oxygens (including phenoxy) is 3. The zero-order chi connectivity index (χ0) is 15.5. The lowest BCUT2D eigenvalue weighted by Gasteiger charge is -2.27. The standard InChI is InChI=1S/C16H21IO4/c1-16(2,3)15(18)20-10-12-9-19-13-5-4-11(6-7-17)8-14(13)21-12/h4-5,8,12H,6-7,9-10H2,1-3H3/t12-/m1/s1. The molecule has 0 saturated carbocycles. The second kappa shape index (κ2) is 6.85. The summed E-state index contributed by atoms with van der Waals surface area (Å²) in [6.45, 7) is 6.11. The van der Waals surface area contributed by atoms with Crippen molar-refractivity contribution in [1.29, 1.82) is 0 Å². The van der Waals surface area contributed by atoms with Crippen LogP contribution in [-0.4, -0.2) is 29.7 Å². The van der Waals surface area contributed by atoms with E-state index in [-0.39, 0.29) is 18.7 Å². The van der Waals surface area contributed by atoms with Gasteiger partial charge in [0.15, 0.2) is 17.6 Å². The molecule has 1 atom stereocenters. The Kier molecular flexibility index (Phi) is 5.35. The average Bonchev–Trinajstić information content (AvgIpc) is 2.43. The van der Waals surface area contributed by atoms with Crippen molar-refractivity contribution in [2.24, 2.45) is 5.41 Å². The fraction of sp³-hybridized carbons (Fsp3) is 0.562. The van der Waals surface area contributed by atoms with Crippen LogP contribution >= 0.6 is 22.6 Å². The maximum absolute atomic E-state index is 11.8. The molecule has 0 unspecified atom stereocenters. The number of benzene rings is 1. The molecule has 116 valence electrons.